The molecule has 1 nitrogen and oxygen atoms in total. The molecule has 0 saturated heterocycles. The third-order valence-corrected chi connectivity index (χ3v) is 3.45. The van der Waals surface area contributed by atoms with E-state index in [2.05, 4.69) is 0 Å². The van der Waals surface area contributed by atoms with E-state index in [9.17, 15) is 13.9 Å². The second-order valence-corrected chi connectivity index (χ2v) is 5.20. The van der Waals surface area contributed by atoms with Crippen LogP contribution in [0.4, 0.5) is 8.78 Å². The zero-order valence-corrected chi connectivity index (χ0v) is 11.7. The van der Waals surface area contributed by atoms with E-state index in [4.69, 9.17) is 0 Å². The zero-order chi connectivity index (χ0) is 14.7. The van der Waals surface area contributed by atoms with Crippen LogP contribution >= 0.6 is 0 Å². The lowest BCUT2D eigenvalue weighted by atomic mass is 9.96. The van der Waals surface area contributed by atoms with Crippen LogP contribution in [0.5, 0.6) is 0 Å². The van der Waals surface area contributed by atoms with E-state index in [0.717, 1.165) is 22.8 Å². The van der Waals surface area contributed by atoms with Crippen LogP contribution in [-0.2, 0) is 12.8 Å². The Labute approximate surface area is 117 Å². The highest BCUT2D eigenvalue weighted by molar-refractivity contribution is 5.31. The molecule has 106 valence electrons. The van der Waals surface area contributed by atoms with Crippen LogP contribution in [0.15, 0.2) is 36.4 Å². The number of rotatable bonds is 4. The fraction of sp³-hybridized carbons (Fsp3) is 0.294. The predicted molar refractivity (Wildman–Crippen MR) is 75.7 cm³/mol. The molecule has 0 spiro atoms. The van der Waals surface area contributed by atoms with E-state index in [-0.39, 0.29) is 12.0 Å². The van der Waals surface area contributed by atoms with Crippen molar-refractivity contribution in [3.8, 4) is 0 Å². The van der Waals surface area contributed by atoms with Crippen LogP contribution in [0.1, 0.15) is 22.3 Å². The molecule has 0 aromatic heterocycles. The summed E-state index contributed by atoms with van der Waals surface area (Å²) in [6, 6.07) is 10.1. The number of aryl methyl sites for hydroxylation is 2. The molecule has 2 rings (SSSR count). The van der Waals surface area contributed by atoms with Gasteiger partial charge in [0.25, 0.3) is 0 Å². The maximum Gasteiger partial charge on any atom is 0.162 e. The SMILES string of the molecule is Cc1ccc(C)c(CC(O)Cc2cccc(F)c2F)c1. The lowest BCUT2D eigenvalue weighted by molar-refractivity contribution is 0.173. The van der Waals surface area contributed by atoms with Gasteiger partial charge in [0.05, 0.1) is 6.10 Å². The second kappa shape index (κ2) is 6.14. The Morgan fingerprint density at radius 2 is 1.70 bits per heavy atom. The first-order valence-electron chi connectivity index (χ1n) is 6.64. The summed E-state index contributed by atoms with van der Waals surface area (Å²) in [5.41, 5.74) is 3.46. The molecule has 0 aliphatic carbocycles. The molecule has 0 saturated carbocycles. The molecule has 20 heavy (non-hydrogen) atoms. The van der Waals surface area contributed by atoms with Crippen molar-refractivity contribution in [2.24, 2.45) is 0 Å². The minimum absolute atomic E-state index is 0.108. The number of hydrogen-bond donors (Lipinski definition) is 1. The standard InChI is InChI=1S/C17H18F2O/c1-11-6-7-12(2)14(8-11)10-15(20)9-13-4-3-5-16(18)17(13)19/h3-8,15,20H,9-10H2,1-2H3. The van der Waals surface area contributed by atoms with Crippen LogP contribution in [-0.4, -0.2) is 11.2 Å². The monoisotopic (exact) mass is 276 g/mol. The van der Waals surface area contributed by atoms with Crippen molar-refractivity contribution in [1.29, 1.82) is 0 Å². The first kappa shape index (κ1) is 14.7. The number of aliphatic hydroxyl groups is 1. The highest BCUT2D eigenvalue weighted by Gasteiger charge is 2.14. The van der Waals surface area contributed by atoms with Crippen molar-refractivity contribution < 1.29 is 13.9 Å². The Kier molecular flexibility index (Phi) is 4.50. The summed E-state index contributed by atoms with van der Waals surface area (Å²) in [6.45, 7) is 3.96. The van der Waals surface area contributed by atoms with Crippen LogP contribution in [0.25, 0.3) is 0 Å². The van der Waals surface area contributed by atoms with Gasteiger partial charge in [0.2, 0.25) is 0 Å². The summed E-state index contributed by atoms with van der Waals surface area (Å²) >= 11 is 0. The zero-order valence-electron chi connectivity index (χ0n) is 11.7. The summed E-state index contributed by atoms with van der Waals surface area (Å²) in [5, 5.41) is 10.1. The molecule has 0 bridgehead atoms. The van der Waals surface area contributed by atoms with Gasteiger partial charge in [-0.05, 0) is 43.0 Å². The second-order valence-electron chi connectivity index (χ2n) is 5.20. The molecule has 0 radical (unpaired) electrons. The minimum atomic E-state index is -0.874. The van der Waals surface area contributed by atoms with Gasteiger partial charge in [-0.15, -0.1) is 0 Å². The summed E-state index contributed by atoms with van der Waals surface area (Å²) in [4.78, 5) is 0. The molecular formula is C17H18F2O. The molecule has 1 atom stereocenters. The van der Waals surface area contributed by atoms with E-state index in [1.165, 1.54) is 12.1 Å². The molecule has 2 aromatic rings. The Morgan fingerprint density at radius 3 is 2.45 bits per heavy atom. The van der Waals surface area contributed by atoms with Crippen LogP contribution < -0.4 is 0 Å². The quantitative estimate of drug-likeness (QED) is 0.902. The fourth-order valence-electron chi connectivity index (χ4n) is 2.31. The van der Waals surface area contributed by atoms with Gasteiger partial charge < -0.3 is 5.11 Å². The van der Waals surface area contributed by atoms with Gasteiger partial charge in [-0.3, -0.25) is 0 Å². The Hall–Kier alpha value is -1.74. The Bertz CT molecular complexity index is 604. The average Bonchev–Trinajstić information content (AvgIpc) is 2.39. The van der Waals surface area contributed by atoms with Crippen molar-refractivity contribution >= 4 is 0 Å². The summed E-state index contributed by atoms with van der Waals surface area (Å²) in [7, 11) is 0. The van der Waals surface area contributed by atoms with Gasteiger partial charge in [-0.1, -0.05) is 35.9 Å². The average molecular weight is 276 g/mol. The highest BCUT2D eigenvalue weighted by atomic mass is 19.2. The fourth-order valence-corrected chi connectivity index (χ4v) is 2.31. The number of halogens is 2. The van der Waals surface area contributed by atoms with E-state index >= 15 is 0 Å². The molecule has 1 unspecified atom stereocenters. The maximum absolute atomic E-state index is 13.6. The number of benzene rings is 2. The summed E-state index contributed by atoms with van der Waals surface area (Å²) in [6.07, 6.45) is -0.188. The third kappa shape index (κ3) is 3.42. The highest BCUT2D eigenvalue weighted by Crippen LogP contribution is 2.17. The van der Waals surface area contributed by atoms with Gasteiger partial charge in [0.1, 0.15) is 0 Å². The van der Waals surface area contributed by atoms with Gasteiger partial charge in [0.15, 0.2) is 11.6 Å². The third-order valence-electron chi connectivity index (χ3n) is 3.45. The van der Waals surface area contributed by atoms with Crippen LogP contribution in [0.2, 0.25) is 0 Å². The lowest BCUT2D eigenvalue weighted by Gasteiger charge is -2.14. The normalized spacial score (nSPS) is 12.4. The van der Waals surface area contributed by atoms with Crippen LogP contribution in [0, 0.1) is 25.5 Å². The van der Waals surface area contributed by atoms with Crippen molar-refractivity contribution in [2.75, 3.05) is 0 Å². The molecule has 0 aliphatic rings. The Balaban J connectivity index is 2.11. The number of hydrogen-bond acceptors (Lipinski definition) is 1. The minimum Gasteiger partial charge on any atom is -0.392 e. The molecule has 0 fully saturated rings. The Morgan fingerprint density at radius 1 is 1.00 bits per heavy atom. The summed E-state index contributed by atoms with van der Waals surface area (Å²) < 4.78 is 26.7. The molecule has 0 heterocycles. The van der Waals surface area contributed by atoms with Crippen molar-refractivity contribution in [3.63, 3.8) is 0 Å². The van der Waals surface area contributed by atoms with Gasteiger partial charge in [-0.2, -0.15) is 0 Å². The van der Waals surface area contributed by atoms with Crippen molar-refractivity contribution in [1.82, 2.24) is 0 Å². The topological polar surface area (TPSA) is 20.2 Å². The molecule has 1 N–H and O–H groups in total. The maximum atomic E-state index is 13.6. The molecule has 2 aromatic carbocycles. The first-order chi connectivity index (χ1) is 9.47. The molecular weight excluding hydrogens is 258 g/mol. The number of aliphatic hydroxyl groups excluding tert-OH is 1. The van der Waals surface area contributed by atoms with E-state index < -0.39 is 17.7 Å². The predicted octanol–water partition coefficient (Wildman–Crippen LogP) is 3.73. The van der Waals surface area contributed by atoms with Gasteiger partial charge in [0, 0.05) is 6.42 Å². The molecule has 0 aliphatic heterocycles. The van der Waals surface area contributed by atoms with Crippen LogP contribution in [0.3, 0.4) is 0 Å². The van der Waals surface area contributed by atoms with E-state index in [1.807, 2.05) is 32.0 Å². The summed E-state index contributed by atoms with van der Waals surface area (Å²) in [5.74, 6) is -1.74. The lowest BCUT2D eigenvalue weighted by Crippen LogP contribution is -2.16. The first-order valence-corrected chi connectivity index (χ1v) is 6.64. The smallest absolute Gasteiger partial charge is 0.162 e. The molecule has 0 amide bonds. The van der Waals surface area contributed by atoms with Crippen molar-refractivity contribution in [2.45, 2.75) is 32.8 Å². The van der Waals surface area contributed by atoms with Gasteiger partial charge in [-0.25, -0.2) is 8.78 Å². The van der Waals surface area contributed by atoms with E-state index in [0.29, 0.717) is 6.42 Å². The van der Waals surface area contributed by atoms with Gasteiger partial charge >= 0.3 is 0 Å². The largest absolute Gasteiger partial charge is 0.392 e. The van der Waals surface area contributed by atoms with Crippen molar-refractivity contribution in [3.05, 3.63) is 70.3 Å². The molecule has 3 heteroatoms. The van der Waals surface area contributed by atoms with E-state index in [1.54, 1.807) is 0 Å².